The van der Waals surface area contributed by atoms with Crippen molar-refractivity contribution in [3.8, 4) is 5.75 Å². The second-order valence-corrected chi connectivity index (χ2v) is 2.66. The maximum Gasteiger partial charge on any atom is 0.319 e. The fourth-order valence-corrected chi connectivity index (χ4v) is 0.986. The Balaban J connectivity index is 2.95. The van der Waals surface area contributed by atoms with Crippen LogP contribution in [-0.4, -0.2) is 19.0 Å². The highest BCUT2D eigenvalue weighted by Gasteiger charge is 2.13. The topological polar surface area (TPSA) is 81.4 Å². The molecule has 0 saturated heterocycles. The smallest absolute Gasteiger partial charge is 0.319 e. The van der Waals surface area contributed by atoms with Gasteiger partial charge in [0.1, 0.15) is 11.6 Å². The highest BCUT2D eigenvalue weighted by atomic mass is 19.1. The zero-order chi connectivity index (χ0) is 11.4. The first kappa shape index (κ1) is 11.0. The summed E-state index contributed by atoms with van der Waals surface area (Å²) in [5.41, 5.74) is 4.45. The molecule has 0 aliphatic carbocycles. The molecule has 0 fully saturated rings. The van der Waals surface area contributed by atoms with E-state index in [4.69, 9.17) is 10.5 Å². The standard InChI is InChI=1S/C9H9FN2O3/c1-15-5-2-3-6(7(10)4-5)8(13)12-9(11)14/h2-4H,1H3,(H3,11,12,13,14). The first-order chi connectivity index (χ1) is 7.04. The number of nitrogens with one attached hydrogen (secondary N) is 1. The van der Waals surface area contributed by atoms with Crippen LogP contribution in [0.25, 0.3) is 0 Å². The van der Waals surface area contributed by atoms with Crippen LogP contribution in [0.5, 0.6) is 5.75 Å². The molecule has 6 heteroatoms. The summed E-state index contributed by atoms with van der Waals surface area (Å²) in [6.07, 6.45) is 0. The predicted octanol–water partition coefficient (Wildman–Crippen LogP) is 0.643. The molecule has 5 nitrogen and oxygen atoms in total. The number of primary amides is 1. The summed E-state index contributed by atoms with van der Waals surface area (Å²) in [4.78, 5) is 21.5. The number of benzene rings is 1. The van der Waals surface area contributed by atoms with Gasteiger partial charge in [-0.05, 0) is 12.1 Å². The number of halogens is 1. The van der Waals surface area contributed by atoms with Gasteiger partial charge in [0, 0.05) is 6.07 Å². The van der Waals surface area contributed by atoms with E-state index in [0.29, 0.717) is 0 Å². The number of hydrogen-bond acceptors (Lipinski definition) is 3. The fraction of sp³-hybridized carbons (Fsp3) is 0.111. The number of carbonyl (C=O) groups excluding carboxylic acids is 2. The van der Waals surface area contributed by atoms with E-state index in [1.54, 1.807) is 5.32 Å². The molecule has 15 heavy (non-hydrogen) atoms. The maximum absolute atomic E-state index is 13.2. The molecule has 1 rings (SSSR count). The summed E-state index contributed by atoms with van der Waals surface area (Å²) in [6.45, 7) is 0. The third kappa shape index (κ3) is 2.67. The molecular formula is C9H9FN2O3. The van der Waals surface area contributed by atoms with E-state index in [1.807, 2.05) is 0 Å². The molecule has 0 saturated carbocycles. The van der Waals surface area contributed by atoms with Crippen molar-refractivity contribution in [1.29, 1.82) is 0 Å². The van der Waals surface area contributed by atoms with Crippen molar-refractivity contribution in [3.05, 3.63) is 29.6 Å². The summed E-state index contributed by atoms with van der Waals surface area (Å²) in [5.74, 6) is -1.39. The molecule has 0 atom stereocenters. The Morgan fingerprint density at radius 3 is 2.60 bits per heavy atom. The molecule has 1 aromatic rings. The highest BCUT2D eigenvalue weighted by molar-refractivity contribution is 6.03. The van der Waals surface area contributed by atoms with Crippen LogP contribution in [-0.2, 0) is 0 Å². The Morgan fingerprint density at radius 1 is 1.47 bits per heavy atom. The molecule has 0 aromatic heterocycles. The summed E-state index contributed by atoms with van der Waals surface area (Å²) in [6, 6.07) is 2.61. The zero-order valence-corrected chi connectivity index (χ0v) is 7.91. The van der Waals surface area contributed by atoms with Crippen molar-refractivity contribution in [2.75, 3.05) is 7.11 Å². The number of hydrogen-bond donors (Lipinski definition) is 2. The van der Waals surface area contributed by atoms with Gasteiger partial charge in [0.2, 0.25) is 0 Å². The van der Waals surface area contributed by atoms with Gasteiger partial charge in [-0.25, -0.2) is 9.18 Å². The number of carbonyl (C=O) groups is 2. The third-order valence-electron chi connectivity index (χ3n) is 1.66. The van der Waals surface area contributed by atoms with E-state index in [1.165, 1.54) is 19.2 Å². The second-order valence-electron chi connectivity index (χ2n) is 2.66. The minimum absolute atomic E-state index is 0.269. The number of ether oxygens (including phenoxy) is 1. The van der Waals surface area contributed by atoms with Gasteiger partial charge in [-0.15, -0.1) is 0 Å². The number of imide groups is 1. The van der Waals surface area contributed by atoms with E-state index in [0.717, 1.165) is 6.07 Å². The van der Waals surface area contributed by atoms with E-state index in [9.17, 15) is 14.0 Å². The minimum Gasteiger partial charge on any atom is -0.497 e. The van der Waals surface area contributed by atoms with Gasteiger partial charge in [0.15, 0.2) is 0 Å². The zero-order valence-electron chi connectivity index (χ0n) is 7.91. The van der Waals surface area contributed by atoms with Gasteiger partial charge >= 0.3 is 6.03 Å². The van der Waals surface area contributed by atoms with E-state index < -0.39 is 17.8 Å². The third-order valence-corrected chi connectivity index (χ3v) is 1.66. The number of amides is 3. The van der Waals surface area contributed by atoms with Crippen LogP contribution in [0.3, 0.4) is 0 Å². The van der Waals surface area contributed by atoms with Gasteiger partial charge in [0.05, 0.1) is 12.7 Å². The van der Waals surface area contributed by atoms with Crippen LogP contribution in [0.15, 0.2) is 18.2 Å². The summed E-state index contributed by atoms with van der Waals surface area (Å²) in [7, 11) is 1.37. The molecule has 0 aliphatic heterocycles. The van der Waals surface area contributed by atoms with Crippen molar-refractivity contribution < 1.29 is 18.7 Å². The normalized spacial score (nSPS) is 9.47. The average Bonchev–Trinajstić information content (AvgIpc) is 2.16. The predicted molar refractivity (Wildman–Crippen MR) is 50.0 cm³/mol. The van der Waals surface area contributed by atoms with Crippen molar-refractivity contribution in [3.63, 3.8) is 0 Å². The first-order valence-electron chi connectivity index (χ1n) is 3.99. The van der Waals surface area contributed by atoms with Gasteiger partial charge in [0.25, 0.3) is 5.91 Å². The molecule has 0 spiro atoms. The SMILES string of the molecule is COc1ccc(C(=O)NC(N)=O)c(F)c1. The molecule has 0 radical (unpaired) electrons. The van der Waals surface area contributed by atoms with Gasteiger partial charge in [-0.3, -0.25) is 10.1 Å². The van der Waals surface area contributed by atoms with Crippen LogP contribution in [0.2, 0.25) is 0 Å². The van der Waals surface area contributed by atoms with Crippen molar-refractivity contribution in [1.82, 2.24) is 5.32 Å². The van der Waals surface area contributed by atoms with Gasteiger partial charge < -0.3 is 10.5 Å². The number of urea groups is 1. The van der Waals surface area contributed by atoms with Crippen LogP contribution >= 0.6 is 0 Å². The highest BCUT2D eigenvalue weighted by Crippen LogP contribution is 2.15. The first-order valence-corrected chi connectivity index (χ1v) is 3.99. The lowest BCUT2D eigenvalue weighted by atomic mass is 10.2. The van der Waals surface area contributed by atoms with E-state index >= 15 is 0 Å². The van der Waals surface area contributed by atoms with Crippen molar-refractivity contribution in [2.45, 2.75) is 0 Å². The summed E-state index contributed by atoms with van der Waals surface area (Å²) in [5, 5.41) is 1.76. The Morgan fingerprint density at radius 2 is 2.13 bits per heavy atom. The molecule has 1 aromatic carbocycles. The molecular weight excluding hydrogens is 203 g/mol. The molecule has 0 unspecified atom stereocenters. The Hall–Kier alpha value is -2.11. The molecule has 0 aliphatic rings. The van der Waals surface area contributed by atoms with Crippen LogP contribution in [0, 0.1) is 5.82 Å². The average molecular weight is 212 g/mol. The molecule has 0 bridgehead atoms. The quantitative estimate of drug-likeness (QED) is 0.754. The maximum atomic E-state index is 13.2. The largest absolute Gasteiger partial charge is 0.497 e. The van der Waals surface area contributed by atoms with Crippen LogP contribution in [0.1, 0.15) is 10.4 Å². The number of methoxy groups -OCH3 is 1. The molecule has 0 heterocycles. The molecule has 80 valence electrons. The lowest BCUT2D eigenvalue weighted by molar-refractivity contribution is 0.0962. The Labute approximate surface area is 85.0 Å². The minimum atomic E-state index is -1.03. The lowest BCUT2D eigenvalue weighted by Gasteiger charge is -2.04. The fourth-order valence-electron chi connectivity index (χ4n) is 0.986. The summed E-state index contributed by atoms with van der Waals surface area (Å²) < 4.78 is 18.0. The lowest BCUT2D eigenvalue weighted by Crippen LogP contribution is -2.35. The summed E-state index contributed by atoms with van der Waals surface area (Å²) >= 11 is 0. The van der Waals surface area contributed by atoms with Crippen molar-refractivity contribution in [2.24, 2.45) is 5.73 Å². The van der Waals surface area contributed by atoms with Crippen molar-refractivity contribution >= 4 is 11.9 Å². The molecule has 3 N–H and O–H groups in total. The second kappa shape index (κ2) is 4.41. The van der Waals surface area contributed by atoms with E-state index in [2.05, 4.69) is 0 Å². The Bertz CT molecular complexity index is 406. The Kier molecular flexibility index (Phi) is 3.22. The van der Waals surface area contributed by atoms with Crippen LogP contribution < -0.4 is 15.8 Å². The molecule has 3 amide bonds. The van der Waals surface area contributed by atoms with E-state index in [-0.39, 0.29) is 11.3 Å². The van der Waals surface area contributed by atoms with Gasteiger partial charge in [-0.2, -0.15) is 0 Å². The van der Waals surface area contributed by atoms with Crippen LogP contribution in [0.4, 0.5) is 9.18 Å². The monoisotopic (exact) mass is 212 g/mol. The number of rotatable bonds is 2. The van der Waals surface area contributed by atoms with Gasteiger partial charge in [-0.1, -0.05) is 0 Å². The number of nitrogens with two attached hydrogens (primary N) is 1.